The van der Waals surface area contributed by atoms with Gasteiger partial charge in [0.2, 0.25) is 5.91 Å². The fourth-order valence-corrected chi connectivity index (χ4v) is 1.42. The summed E-state index contributed by atoms with van der Waals surface area (Å²) in [4.78, 5) is 11.4. The van der Waals surface area contributed by atoms with Gasteiger partial charge in [0.15, 0.2) is 0 Å². The highest BCUT2D eigenvalue weighted by molar-refractivity contribution is 5.92. The van der Waals surface area contributed by atoms with Crippen LogP contribution in [0.1, 0.15) is 24.0 Å². The summed E-state index contributed by atoms with van der Waals surface area (Å²) in [6.07, 6.45) is 5.74. The van der Waals surface area contributed by atoms with Gasteiger partial charge < -0.3 is 5.32 Å². The second-order valence-corrected chi connectivity index (χ2v) is 3.97. The molecule has 0 spiro atoms. The number of hydrogen-bond donors (Lipinski definition) is 1. The summed E-state index contributed by atoms with van der Waals surface area (Å²) in [6, 6.07) is 8.45. The number of rotatable bonds is 3. The Morgan fingerprint density at radius 2 is 2.13 bits per heavy atom. The van der Waals surface area contributed by atoms with Crippen LogP contribution in [0.2, 0.25) is 0 Å². The third kappa shape index (κ3) is 2.94. The summed E-state index contributed by atoms with van der Waals surface area (Å²) in [7, 11) is 0. The lowest BCUT2D eigenvalue weighted by Gasteiger charge is -1.99. The topological polar surface area (TPSA) is 29.1 Å². The Hall–Kier alpha value is -1.57. The molecule has 0 heterocycles. The van der Waals surface area contributed by atoms with Gasteiger partial charge in [-0.25, -0.2) is 0 Å². The normalized spacial score (nSPS) is 15.5. The van der Waals surface area contributed by atoms with Crippen LogP contribution >= 0.6 is 0 Å². The lowest BCUT2D eigenvalue weighted by molar-refractivity contribution is -0.116. The molecule has 2 heteroatoms. The first-order valence-corrected chi connectivity index (χ1v) is 5.30. The smallest absolute Gasteiger partial charge is 0.244 e. The molecule has 0 aliphatic heterocycles. The van der Waals surface area contributed by atoms with Crippen molar-refractivity contribution in [3.05, 3.63) is 41.5 Å². The van der Waals surface area contributed by atoms with Crippen molar-refractivity contribution in [1.82, 2.24) is 5.32 Å². The second kappa shape index (κ2) is 4.30. The number of nitrogens with one attached hydrogen (secondary N) is 1. The first-order chi connectivity index (χ1) is 7.25. The summed E-state index contributed by atoms with van der Waals surface area (Å²) in [6.45, 7) is 2.04. The third-order valence-electron chi connectivity index (χ3n) is 2.53. The van der Waals surface area contributed by atoms with E-state index in [1.807, 2.05) is 37.3 Å². The lowest BCUT2D eigenvalue weighted by atomic mass is 10.1. The number of carbonyl (C=O) groups is 1. The van der Waals surface area contributed by atoms with Crippen LogP contribution in [0.15, 0.2) is 30.3 Å². The van der Waals surface area contributed by atoms with E-state index >= 15 is 0 Å². The average Bonchev–Trinajstić information content (AvgIpc) is 3.00. The molecule has 1 amide bonds. The molecule has 78 valence electrons. The zero-order valence-electron chi connectivity index (χ0n) is 8.86. The Kier molecular flexibility index (Phi) is 2.86. The van der Waals surface area contributed by atoms with Crippen molar-refractivity contribution >= 4 is 12.0 Å². The summed E-state index contributed by atoms with van der Waals surface area (Å²) in [5.74, 6) is 0.0146. The van der Waals surface area contributed by atoms with Crippen LogP contribution in [-0.2, 0) is 4.79 Å². The molecular weight excluding hydrogens is 186 g/mol. The highest BCUT2D eigenvalue weighted by atomic mass is 16.1. The summed E-state index contributed by atoms with van der Waals surface area (Å²) >= 11 is 0. The number of amides is 1. The van der Waals surface area contributed by atoms with E-state index in [9.17, 15) is 4.79 Å². The van der Waals surface area contributed by atoms with E-state index in [1.54, 1.807) is 6.08 Å². The summed E-state index contributed by atoms with van der Waals surface area (Å²) < 4.78 is 0. The summed E-state index contributed by atoms with van der Waals surface area (Å²) in [5, 5.41) is 2.92. The van der Waals surface area contributed by atoms with Gasteiger partial charge in [-0.15, -0.1) is 0 Å². The van der Waals surface area contributed by atoms with Crippen molar-refractivity contribution < 1.29 is 4.79 Å². The van der Waals surface area contributed by atoms with Crippen LogP contribution in [0.5, 0.6) is 0 Å². The van der Waals surface area contributed by atoms with Gasteiger partial charge in [0.05, 0.1) is 0 Å². The molecule has 15 heavy (non-hydrogen) atoms. The van der Waals surface area contributed by atoms with Crippen LogP contribution < -0.4 is 5.32 Å². The number of aryl methyl sites for hydroxylation is 1. The first kappa shape index (κ1) is 9.97. The molecule has 0 bridgehead atoms. The molecular formula is C13H15NO. The largest absolute Gasteiger partial charge is 0.350 e. The molecule has 0 atom stereocenters. The molecule has 2 rings (SSSR count). The third-order valence-corrected chi connectivity index (χ3v) is 2.53. The SMILES string of the molecule is Cc1ccccc1/C=C\C(=O)NC1CC1. The Bertz CT molecular complexity index is 391. The molecule has 0 saturated heterocycles. The minimum atomic E-state index is 0.0146. The maximum Gasteiger partial charge on any atom is 0.244 e. The molecule has 0 aromatic heterocycles. The molecule has 0 radical (unpaired) electrons. The fraction of sp³-hybridized carbons (Fsp3) is 0.308. The van der Waals surface area contributed by atoms with Crippen LogP contribution in [-0.4, -0.2) is 11.9 Å². The average molecular weight is 201 g/mol. The van der Waals surface area contributed by atoms with E-state index < -0.39 is 0 Å². The van der Waals surface area contributed by atoms with Gasteiger partial charge in [-0.3, -0.25) is 4.79 Å². The zero-order valence-corrected chi connectivity index (χ0v) is 8.86. The summed E-state index contributed by atoms with van der Waals surface area (Å²) in [5.41, 5.74) is 2.29. The molecule has 1 saturated carbocycles. The first-order valence-electron chi connectivity index (χ1n) is 5.30. The Balaban J connectivity index is 1.97. The molecule has 1 N–H and O–H groups in total. The van der Waals surface area contributed by atoms with E-state index in [0.717, 1.165) is 18.4 Å². The fourth-order valence-electron chi connectivity index (χ4n) is 1.42. The zero-order chi connectivity index (χ0) is 10.7. The van der Waals surface area contributed by atoms with E-state index in [4.69, 9.17) is 0 Å². The van der Waals surface area contributed by atoms with Crippen LogP contribution in [0.3, 0.4) is 0 Å². The van der Waals surface area contributed by atoms with Crippen molar-refractivity contribution in [3.63, 3.8) is 0 Å². The Labute approximate surface area is 90.0 Å². The van der Waals surface area contributed by atoms with E-state index in [-0.39, 0.29) is 5.91 Å². The maximum absolute atomic E-state index is 11.4. The van der Waals surface area contributed by atoms with Gasteiger partial charge >= 0.3 is 0 Å². The quantitative estimate of drug-likeness (QED) is 0.747. The minimum Gasteiger partial charge on any atom is -0.350 e. The minimum absolute atomic E-state index is 0.0146. The number of carbonyl (C=O) groups excluding carboxylic acids is 1. The standard InChI is InChI=1S/C13H15NO/c1-10-4-2-3-5-11(10)6-9-13(15)14-12-7-8-12/h2-6,9,12H,7-8H2,1H3,(H,14,15)/b9-6-. The molecule has 0 unspecified atom stereocenters. The van der Waals surface area contributed by atoms with Crippen LogP contribution in [0.25, 0.3) is 6.08 Å². The van der Waals surface area contributed by atoms with Gasteiger partial charge in [0.1, 0.15) is 0 Å². The van der Waals surface area contributed by atoms with Crippen molar-refractivity contribution in [3.8, 4) is 0 Å². The molecule has 1 aliphatic carbocycles. The van der Waals surface area contributed by atoms with Crippen molar-refractivity contribution in [2.45, 2.75) is 25.8 Å². The highest BCUT2D eigenvalue weighted by Crippen LogP contribution is 2.18. The van der Waals surface area contributed by atoms with Gasteiger partial charge in [-0.2, -0.15) is 0 Å². The lowest BCUT2D eigenvalue weighted by Crippen LogP contribution is -2.22. The molecule has 1 aromatic rings. The molecule has 1 aliphatic rings. The van der Waals surface area contributed by atoms with Gasteiger partial charge in [-0.05, 0) is 37.0 Å². The van der Waals surface area contributed by atoms with E-state index in [1.165, 1.54) is 5.56 Å². The maximum atomic E-state index is 11.4. The number of benzene rings is 1. The van der Waals surface area contributed by atoms with Gasteiger partial charge in [0, 0.05) is 12.1 Å². The predicted molar refractivity (Wildman–Crippen MR) is 61.4 cm³/mol. The molecule has 1 fully saturated rings. The molecule has 2 nitrogen and oxygen atoms in total. The van der Waals surface area contributed by atoms with E-state index in [2.05, 4.69) is 5.32 Å². The monoisotopic (exact) mass is 201 g/mol. The van der Waals surface area contributed by atoms with Crippen LogP contribution in [0, 0.1) is 6.92 Å². The molecule has 1 aromatic carbocycles. The van der Waals surface area contributed by atoms with Crippen LogP contribution in [0.4, 0.5) is 0 Å². The van der Waals surface area contributed by atoms with Crippen molar-refractivity contribution in [2.75, 3.05) is 0 Å². The van der Waals surface area contributed by atoms with Crippen molar-refractivity contribution in [2.24, 2.45) is 0 Å². The predicted octanol–water partition coefficient (Wildman–Crippen LogP) is 2.29. The second-order valence-electron chi connectivity index (χ2n) is 3.97. The van der Waals surface area contributed by atoms with E-state index in [0.29, 0.717) is 6.04 Å². The van der Waals surface area contributed by atoms with Crippen molar-refractivity contribution in [1.29, 1.82) is 0 Å². The Morgan fingerprint density at radius 1 is 1.40 bits per heavy atom. The Morgan fingerprint density at radius 3 is 2.80 bits per heavy atom. The highest BCUT2D eigenvalue weighted by Gasteiger charge is 2.21. The number of hydrogen-bond acceptors (Lipinski definition) is 1. The van der Waals surface area contributed by atoms with Gasteiger partial charge in [-0.1, -0.05) is 24.3 Å². The van der Waals surface area contributed by atoms with Gasteiger partial charge in [0.25, 0.3) is 0 Å².